The largest absolute Gasteiger partial charge is 0.497 e. The maximum atomic E-state index is 12.3. The van der Waals surface area contributed by atoms with Crippen LogP contribution in [-0.2, 0) is 4.79 Å². The second-order valence-corrected chi connectivity index (χ2v) is 5.82. The van der Waals surface area contributed by atoms with Crippen molar-refractivity contribution < 1.29 is 14.3 Å². The first-order chi connectivity index (χ1) is 11.5. The number of aryl methyl sites for hydroxylation is 1. The van der Waals surface area contributed by atoms with E-state index in [1.165, 1.54) is 11.5 Å². The Balaban J connectivity index is 2.09. The highest BCUT2D eigenvalue weighted by Crippen LogP contribution is 2.28. The third kappa shape index (κ3) is 3.94. The number of nitriles is 1. The third-order valence-corrected chi connectivity index (χ3v) is 4.37. The van der Waals surface area contributed by atoms with Crippen molar-refractivity contribution in [1.82, 2.24) is 4.37 Å². The molecule has 0 fully saturated rings. The molecular weight excluding hydrogens is 328 g/mol. The summed E-state index contributed by atoms with van der Waals surface area (Å²) in [7, 11) is 4.84. The van der Waals surface area contributed by atoms with E-state index in [4.69, 9.17) is 9.47 Å². The Morgan fingerprint density at radius 1 is 1.33 bits per heavy atom. The Kier molecular flexibility index (Phi) is 5.60. The summed E-state index contributed by atoms with van der Waals surface area (Å²) in [5.41, 5.74) is 1.74. The van der Waals surface area contributed by atoms with Crippen LogP contribution in [0.2, 0.25) is 0 Å². The summed E-state index contributed by atoms with van der Waals surface area (Å²) in [6, 6.07) is 7.26. The van der Waals surface area contributed by atoms with Crippen LogP contribution in [0.1, 0.15) is 11.3 Å². The van der Waals surface area contributed by atoms with Crippen LogP contribution in [0.25, 0.3) is 0 Å². The van der Waals surface area contributed by atoms with E-state index in [2.05, 4.69) is 15.8 Å². The van der Waals surface area contributed by atoms with Gasteiger partial charge in [-0.3, -0.25) is 4.79 Å². The lowest BCUT2D eigenvalue weighted by Gasteiger charge is -2.17. The van der Waals surface area contributed by atoms with Crippen molar-refractivity contribution in [2.45, 2.75) is 6.92 Å². The zero-order chi connectivity index (χ0) is 17.7. The van der Waals surface area contributed by atoms with Crippen LogP contribution in [0.4, 0.5) is 10.7 Å². The Labute approximate surface area is 144 Å². The van der Waals surface area contributed by atoms with Crippen molar-refractivity contribution in [3.63, 3.8) is 0 Å². The van der Waals surface area contributed by atoms with Gasteiger partial charge < -0.3 is 19.7 Å². The number of aromatic nitrogens is 1. The van der Waals surface area contributed by atoms with E-state index in [9.17, 15) is 10.1 Å². The number of carbonyl (C=O) groups excluding carboxylic acids is 1. The molecule has 0 atom stereocenters. The summed E-state index contributed by atoms with van der Waals surface area (Å²) in [6.07, 6.45) is 0. The average molecular weight is 346 g/mol. The summed E-state index contributed by atoms with van der Waals surface area (Å²) in [6.45, 7) is 1.87. The van der Waals surface area contributed by atoms with Gasteiger partial charge in [0.25, 0.3) is 0 Å². The molecule has 8 heteroatoms. The molecule has 1 aromatic heterocycles. The van der Waals surface area contributed by atoms with E-state index < -0.39 is 0 Å². The number of rotatable bonds is 6. The van der Waals surface area contributed by atoms with Crippen LogP contribution in [0.15, 0.2) is 18.2 Å². The van der Waals surface area contributed by atoms with Gasteiger partial charge in [0.2, 0.25) is 5.91 Å². The highest BCUT2D eigenvalue weighted by Gasteiger charge is 2.17. The lowest BCUT2D eigenvalue weighted by molar-refractivity contribution is -0.114. The molecule has 24 heavy (non-hydrogen) atoms. The number of ether oxygens (including phenoxy) is 2. The molecule has 0 bridgehead atoms. The van der Waals surface area contributed by atoms with Crippen LogP contribution in [-0.4, -0.2) is 38.1 Å². The van der Waals surface area contributed by atoms with Gasteiger partial charge in [-0.05, 0) is 18.5 Å². The van der Waals surface area contributed by atoms with Crippen molar-refractivity contribution in [2.24, 2.45) is 0 Å². The molecule has 0 radical (unpaired) electrons. The number of carbonyl (C=O) groups is 1. The number of methoxy groups -OCH3 is 2. The van der Waals surface area contributed by atoms with Crippen LogP contribution in [0, 0.1) is 18.3 Å². The van der Waals surface area contributed by atoms with Gasteiger partial charge in [0, 0.05) is 30.9 Å². The molecule has 0 spiro atoms. The Hall–Kier alpha value is -2.79. The molecule has 1 N–H and O–H groups in total. The fourth-order valence-electron chi connectivity index (χ4n) is 2.11. The van der Waals surface area contributed by atoms with Crippen LogP contribution in [0.5, 0.6) is 11.5 Å². The standard InChI is InChI=1S/C16H18N4O3S/c1-10-14(8-17)16(24-19-10)20(2)9-15(21)18-11-5-12(22-3)7-13(6-11)23-4/h5-7H,9H2,1-4H3,(H,18,21). The van der Waals surface area contributed by atoms with Gasteiger partial charge in [-0.25, -0.2) is 0 Å². The molecule has 7 nitrogen and oxygen atoms in total. The average Bonchev–Trinajstić information content (AvgIpc) is 2.94. The number of hydrogen-bond donors (Lipinski definition) is 1. The number of anilines is 2. The first-order valence-electron chi connectivity index (χ1n) is 7.09. The fraction of sp³-hybridized carbons (Fsp3) is 0.312. The lowest BCUT2D eigenvalue weighted by Crippen LogP contribution is -2.30. The molecule has 126 valence electrons. The smallest absolute Gasteiger partial charge is 0.243 e. The normalized spacial score (nSPS) is 9.96. The van der Waals surface area contributed by atoms with Crippen LogP contribution < -0.4 is 19.7 Å². The predicted octanol–water partition coefficient (Wildman–Crippen LogP) is 2.42. The molecule has 2 aromatic rings. The van der Waals surface area contributed by atoms with Gasteiger partial charge in [-0.2, -0.15) is 9.64 Å². The van der Waals surface area contributed by atoms with E-state index >= 15 is 0 Å². The second kappa shape index (κ2) is 7.66. The minimum Gasteiger partial charge on any atom is -0.497 e. The van der Waals surface area contributed by atoms with Crippen LogP contribution >= 0.6 is 11.5 Å². The van der Waals surface area contributed by atoms with Crippen molar-refractivity contribution >= 4 is 28.1 Å². The summed E-state index contributed by atoms with van der Waals surface area (Å²) < 4.78 is 14.5. The minimum absolute atomic E-state index is 0.0931. The minimum atomic E-state index is -0.220. The highest BCUT2D eigenvalue weighted by atomic mass is 32.1. The third-order valence-electron chi connectivity index (χ3n) is 3.32. The molecule has 0 saturated carbocycles. The monoisotopic (exact) mass is 346 g/mol. The quantitative estimate of drug-likeness (QED) is 0.864. The first-order valence-corrected chi connectivity index (χ1v) is 7.86. The SMILES string of the molecule is COc1cc(NC(=O)CN(C)c2snc(C)c2C#N)cc(OC)c1. The maximum Gasteiger partial charge on any atom is 0.243 e. The predicted molar refractivity (Wildman–Crippen MR) is 93.0 cm³/mol. The first kappa shape index (κ1) is 17.6. The van der Waals surface area contributed by atoms with E-state index in [1.54, 1.807) is 51.3 Å². The zero-order valence-corrected chi connectivity index (χ0v) is 14.7. The summed E-state index contributed by atoms with van der Waals surface area (Å²) in [5, 5.41) is 12.7. The van der Waals surface area contributed by atoms with Crippen LogP contribution in [0.3, 0.4) is 0 Å². The van der Waals surface area contributed by atoms with Gasteiger partial charge >= 0.3 is 0 Å². The number of nitrogens with one attached hydrogen (secondary N) is 1. The molecule has 0 aliphatic carbocycles. The second-order valence-electron chi connectivity index (χ2n) is 5.07. The Bertz CT molecular complexity index is 760. The number of benzene rings is 1. The molecule has 0 unspecified atom stereocenters. The number of nitrogens with zero attached hydrogens (tertiary/aromatic N) is 3. The Morgan fingerprint density at radius 2 is 1.96 bits per heavy atom. The molecule has 1 heterocycles. The van der Waals surface area contributed by atoms with E-state index in [0.29, 0.717) is 33.4 Å². The van der Waals surface area contributed by atoms with Gasteiger partial charge in [0.05, 0.1) is 26.5 Å². The molecule has 2 rings (SSSR count). The maximum absolute atomic E-state index is 12.3. The van der Waals surface area contributed by atoms with Gasteiger partial charge in [0.1, 0.15) is 28.1 Å². The van der Waals surface area contributed by atoms with E-state index in [1.807, 2.05) is 0 Å². The van der Waals surface area contributed by atoms with Gasteiger partial charge in [-0.15, -0.1) is 0 Å². The topological polar surface area (TPSA) is 87.5 Å². The summed E-state index contributed by atoms with van der Waals surface area (Å²) in [4.78, 5) is 14.0. The van der Waals surface area contributed by atoms with Crippen molar-refractivity contribution in [3.8, 4) is 17.6 Å². The zero-order valence-electron chi connectivity index (χ0n) is 13.9. The van der Waals surface area contributed by atoms with Crippen molar-refractivity contribution in [2.75, 3.05) is 38.0 Å². The molecule has 0 saturated heterocycles. The molecule has 1 aromatic carbocycles. The fourth-order valence-corrected chi connectivity index (χ4v) is 2.92. The van der Waals surface area contributed by atoms with Crippen molar-refractivity contribution in [1.29, 1.82) is 5.26 Å². The van der Waals surface area contributed by atoms with Gasteiger partial charge in [-0.1, -0.05) is 0 Å². The number of likely N-dealkylation sites (N-methyl/N-ethyl adjacent to an activating group) is 1. The van der Waals surface area contributed by atoms with E-state index in [-0.39, 0.29) is 12.5 Å². The summed E-state index contributed by atoms with van der Waals surface area (Å²) in [5.74, 6) is 0.952. The molecule has 0 aliphatic heterocycles. The Morgan fingerprint density at radius 3 is 2.50 bits per heavy atom. The van der Waals surface area contributed by atoms with Crippen molar-refractivity contribution in [3.05, 3.63) is 29.5 Å². The summed E-state index contributed by atoms with van der Waals surface area (Å²) >= 11 is 1.20. The number of hydrogen-bond acceptors (Lipinski definition) is 7. The molecular formula is C16H18N4O3S. The molecule has 0 aliphatic rings. The lowest BCUT2D eigenvalue weighted by atomic mass is 10.2. The van der Waals surface area contributed by atoms with Gasteiger partial charge in [0.15, 0.2) is 0 Å². The van der Waals surface area contributed by atoms with E-state index in [0.717, 1.165) is 0 Å². The highest BCUT2D eigenvalue weighted by molar-refractivity contribution is 7.10. The molecule has 1 amide bonds. The number of amides is 1.